The fraction of sp³-hybridized carbons (Fsp3) is 0.591. The number of piperidine rings is 1. The van der Waals surface area contributed by atoms with Crippen molar-refractivity contribution in [3.05, 3.63) is 29.8 Å². The monoisotopic (exact) mass is 432 g/mol. The third-order valence-corrected chi connectivity index (χ3v) is 5.92. The van der Waals surface area contributed by atoms with Crippen LogP contribution in [0, 0.1) is 5.92 Å². The van der Waals surface area contributed by atoms with Gasteiger partial charge in [0, 0.05) is 32.0 Å². The smallest absolute Gasteiger partial charge is 0.328 e. The van der Waals surface area contributed by atoms with Crippen molar-refractivity contribution < 1.29 is 23.9 Å². The molecule has 0 spiro atoms. The lowest BCUT2D eigenvalue weighted by molar-refractivity contribution is -0.148. The second-order valence-electron chi connectivity index (χ2n) is 7.91. The number of methoxy groups -OCH3 is 2. The molecular weight excluding hydrogens is 400 g/mol. The Labute approximate surface area is 182 Å². The van der Waals surface area contributed by atoms with Gasteiger partial charge in [0.05, 0.1) is 14.2 Å². The molecule has 0 unspecified atom stereocenters. The number of carbonyl (C=O) groups excluding carboxylic acids is 3. The molecule has 0 saturated carbocycles. The van der Waals surface area contributed by atoms with Gasteiger partial charge in [0.1, 0.15) is 17.8 Å². The lowest BCUT2D eigenvalue weighted by Crippen LogP contribution is -2.62. The minimum absolute atomic E-state index is 0.0212. The van der Waals surface area contributed by atoms with Crippen LogP contribution < -0.4 is 20.7 Å². The van der Waals surface area contributed by atoms with Crippen LogP contribution in [0.25, 0.3) is 0 Å². The maximum Gasteiger partial charge on any atom is 0.328 e. The maximum absolute atomic E-state index is 13.1. The van der Waals surface area contributed by atoms with Crippen LogP contribution in [0.5, 0.6) is 5.75 Å². The lowest BCUT2D eigenvalue weighted by atomic mass is 9.95. The van der Waals surface area contributed by atoms with Crippen molar-refractivity contribution >= 4 is 17.8 Å². The Hall–Kier alpha value is -2.65. The lowest BCUT2D eigenvalue weighted by Gasteiger charge is -2.38. The minimum atomic E-state index is -0.844. The number of nitrogens with one attached hydrogen (secondary N) is 3. The Bertz CT molecular complexity index is 764. The van der Waals surface area contributed by atoms with Gasteiger partial charge in [-0.05, 0) is 43.6 Å². The van der Waals surface area contributed by atoms with Crippen LogP contribution in [0.3, 0.4) is 0 Å². The van der Waals surface area contributed by atoms with Crippen LogP contribution in [-0.2, 0) is 25.5 Å². The number of benzene rings is 1. The van der Waals surface area contributed by atoms with E-state index in [0.717, 1.165) is 31.5 Å². The number of nitrogens with zero attached hydrogens (tertiary/aromatic N) is 1. The van der Waals surface area contributed by atoms with Crippen molar-refractivity contribution in [3.8, 4) is 5.75 Å². The van der Waals surface area contributed by atoms with Gasteiger partial charge in [-0.2, -0.15) is 0 Å². The molecule has 1 aromatic carbocycles. The molecule has 2 aliphatic rings. The van der Waals surface area contributed by atoms with Gasteiger partial charge in [0.15, 0.2) is 0 Å². The van der Waals surface area contributed by atoms with E-state index in [1.807, 2.05) is 12.1 Å². The van der Waals surface area contributed by atoms with Crippen molar-refractivity contribution in [1.29, 1.82) is 0 Å². The molecule has 31 heavy (non-hydrogen) atoms. The summed E-state index contributed by atoms with van der Waals surface area (Å²) in [4.78, 5) is 40.2. The number of piperazine rings is 1. The summed E-state index contributed by atoms with van der Waals surface area (Å²) in [5, 5.41) is 9.26. The number of esters is 1. The summed E-state index contributed by atoms with van der Waals surface area (Å²) in [7, 11) is 2.88. The van der Waals surface area contributed by atoms with Gasteiger partial charge >= 0.3 is 5.97 Å². The SMILES string of the molecule is COC(=O)[C@H](Cc1ccc(OC)cc1)NC(=O)[C@@H]1CNCCN1C(=O)C1CCNCC1. The number of rotatable bonds is 7. The molecule has 2 fully saturated rings. The number of amides is 2. The van der Waals surface area contributed by atoms with Crippen molar-refractivity contribution in [2.75, 3.05) is 46.9 Å². The third-order valence-electron chi connectivity index (χ3n) is 5.92. The van der Waals surface area contributed by atoms with Gasteiger partial charge in [0.2, 0.25) is 11.8 Å². The minimum Gasteiger partial charge on any atom is -0.497 e. The zero-order chi connectivity index (χ0) is 22.2. The van der Waals surface area contributed by atoms with Gasteiger partial charge in [0.25, 0.3) is 0 Å². The van der Waals surface area contributed by atoms with Gasteiger partial charge in [-0.1, -0.05) is 12.1 Å². The summed E-state index contributed by atoms with van der Waals surface area (Å²) in [6.45, 7) is 3.10. The summed E-state index contributed by atoms with van der Waals surface area (Å²) in [5.41, 5.74) is 0.862. The normalized spacial score (nSPS) is 20.6. The summed E-state index contributed by atoms with van der Waals surface area (Å²) >= 11 is 0. The zero-order valence-electron chi connectivity index (χ0n) is 18.2. The molecule has 0 aromatic heterocycles. The van der Waals surface area contributed by atoms with Crippen molar-refractivity contribution in [3.63, 3.8) is 0 Å². The Balaban J connectivity index is 1.69. The zero-order valence-corrected chi connectivity index (χ0v) is 18.2. The Kier molecular flexibility index (Phi) is 8.25. The number of hydrogen-bond acceptors (Lipinski definition) is 7. The van der Waals surface area contributed by atoms with Crippen molar-refractivity contribution in [1.82, 2.24) is 20.9 Å². The first-order chi connectivity index (χ1) is 15.0. The highest BCUT2D eigenvalue weighted by molar-refractivity contribution is 5.91. The summed E-state index contributed by atoms with van der Waals surface area (Å²) in [5.74, 6) is -0.205. The molecule has 2 aliphatic heterocycles. The van der Waals surface area contributed by atoms with E-state index < -0.39 is 18.1 Å². The van der Waals surface area contributed by atoms with Crippen LogP contribution in [0.15, 0.2) is 24.3 Å². The third kappa shape index (κ3) is 5.95. The van der Waals surface area contributed by atoms with E-state index in [1.165, 1.54) is 7.11 Å². The molecule has 0 radical (unpaired) electrons. The highest BCUT2D eigenvalue weighted by atomic mass is 16.5. The number of carbonyl (C=O) groups is 3. The molecule has 1 aromatic rings. The van der Waals surface area contributed by atoms with Gasteiger partial charge in [-0.15, -0.1) is 0 Å². The van der Waals surface area contributed by atoms with Gasteiger partial charge < -0.3 is 30.3 Å². The molecule has 2 amide bonds. The molecule has 9 nitrogen and oxygen atoms in total. The van der Waals surface area contributed by atoms with Gasteiger partial charge in [-0.3, -0.25) is 9.59 Å². The van der Waals surface area contributed by atoms with E-state index in [4.69, 9.17) is 9.47 Å². The predicted molar refractivity (Wildman–Crippen MR) is 115 cm³/mol. The van der Waals surface area contributed by atoms with E-state index in [1.54, 1.807) is 24.1 Å². The fourth-order valence-corrected chi connectivity index (χ4v) is 4.11. The molecule has 0 aliphatic carbocycles. The average Bonchev–Trinajstić information content (AvgIpc) is 2.83. The largest absolute Gasteiger partial charge is 0.497 e. The molecule has 2 saturated heterocycles. The van der Waals surface area contributed by atoms with E-state index in [9.17, 15) is 14.4 Å². The van der Waals surface area contributed by atoms with Crippen molar-refractivity contribution in [2.45, 2.75) is 31.3 Å². The highest BCUT2D eigenvalue weighted by Crippen LogP contribution is 2.18. The molecule has 9 heteroatoms. The van der Waals surface area contributed by atoms with E-state index >= 15 is 0 Å². The Morgan fingerprint density at radius 1 is 1.10 bits per heavy atom. The topological polar surface area (TPSA) is 109 Å². The first kappa shape index (κ1) is 23.0. The standard InChI is InChI=1S/C22H32N4O5/c1-30-17-5-3-15(4-6-17)13-18(22(29)31-2)25-20(27)19-14-24-11-12-26(19)21(28)16-7-9-23-10-8-16/h3-6,16,18-19,23-24H,7-14H2,1-2H3,(H,25,27)/t18-,19-/m0/s1. The van der Waals surface area contributed by atoms with Crippen LogP contribution in [0.1, 0.15) is 18.4 Å². The molecule has 2 atom stereocenters. The molecule has 0 bridgehead atoms. The quantitative estimate of drug-likeness (QED) is 0.508. The van der Waals surface area contributed by atoms with Gasteiger partial charge in [-0.25, -0.2) is 4.79 Å². The second-order valence-corrected chi connectivity index (χ2v) is 7.91. The van der Waals surface area contributed by atoms with Crippen LogP contribution >= 0.6 is 0 Å². The highest BCUT2D eigenvalue weighted by Gasteiger charge is 2.37. The molecule has 3 rings (SSSR count). The molecular formula is C22H32N4O5. The Morgan fingerprint density at radius 3 is 2.45 bits per heavy atom. The fourth-order valence-electron chi connectivity index (χ4n) is 4.11. The Morgan fingerprint density at radius 2 is 1.81 bits per heavy atom. The molecule has 2 heterocycles. The second kappa shape index (κ2) is 11.1. The van der Waals surface area contributed by atoms with Crippen LogP contribution in [0.4, 0.5) is 0 Å². The maximum atomic E-state index is 13.1. The van der Waals surface area contributed by atoms with E-state index in [2.05, 4.69) is 16.0 Å². The first-order valence-electron chi connectivity index (χ1n) is 10.8. The first-order valence-corrected chi connectivity index (χ1v) is 10.8. The average molecular weight is 433 g/mol. The number of ether oxygens (including phenoxy) is 2. The number of hydrogen-bond donors (Lipinski definition) is 3. The van der Waals surface area contributed by atoms with Crippen LogP contribution in [-0.4, -0.2) is 81.7 Å². The van der Waals surface area contributed by atoms with E-state index in [0.29, 0.717) is 25.4 Å². The summed E-state index contributed by atoms with van der Waals surface area (Å²) in [6, 6.07) is 5.79. The van der Waals surface area contributed by atoms with Crippen molar-refractivity contribution in [2.24, 2.45) is 5.92 Å². The van der Waals surface area contributed by atoms with Crippen LogP contribution in [0.2, 0.25) is 0 Å². The summed E-state index contributed by atoms with van der Waals surface area (Å²) < 4.78 is 10.1. The summed E-state index contributed by atoms with van der Waals surface area (Å²) in [6.07, 6.45) is 1.84. The predicted octanol–water partition coefficient (Wildman–Crippen LogP) is -0.304. The molecule has 3 N–H and O–H groups in total. The molecule has 170 valence electrons. The van der Waals surface area contributed by atoms with E-state index in [-0.39, 0.29) is 24.2 Å².